The second-order valence-electron chi connectivity index (χ2n) is 4.87. The Bertz CT molecular complexity index is 594. The normalized spacial score (nSPS) is 27.6. The van der Waals surface area contributed by atoms with E-state index in [9.17, 15) is 0 Å². The van der Waals surface area contributed by atoms with Gasteiger partial charge in [0.1, 0.15) is 0 Å². The van der Waals surface area contributed by atoms with Crippen LogP contribution < -0.4 is 0 Å². The first-order valence-corrected chi connectivity index (χ1v) is 5.63. The molecule has 1 nitrogen and oxygen atoms in total. The molecule has 1 saturated carbocycles. The smallest absolute Gasteiger partial charge is 0.0665 e. The van der Waals surface area contributed by atoms with Crippen LogP contribution in [0.25, 0.3) is 10.8 Å². The van der Waals surface area contributed by atoms with Crippen LogP contribution in [0, 0.1) is 17.2 Å². The minimum Gasteiger partial charge on any atom is -0.198 e. The fourth-order valence-corrected chi connectivity index (χ4v) is 2.42. The molecule has 78 valence electrons. The van der Waals surface area contributed by atoms with Gasteiger partial charge < -0.3 is 0 Å². The van der Waals surface area contributed by atoms with Gasteiger partial charge in [0.2, 0.25) is 0 Å². The average Bonchev–Trinajstić information content (AvgIpc) is 3.01. The van der Waals surface area contributed by atoms with Gasteiger partial charge in [0.25, 0.3) is 0 Å². The second-order valence-corrected chi connectivity index (χ2v) is 4.87. The van der Waals surface area contributed by atoms with Crippen molar-refractivity contribution >= 4 is 10.8 Å². The van der Waals surface area contributed by atoms with Crippen molar-refractivity contribution in [1.82, 2.24) is 0 Å². The van der Waals surface area contributed by atoms with E-state index in [1.54, 1.807) is 0 Å². The largest absolute Gasteiger partial charge is 0.198 e. The van der Waals surface area contributed by atoms with E-state index in [1.807, 2.05) is 0 Å². The standard InChI is InChI=1S/C15H13N/c1-15(9-14(15)10-16)13-7-6-11-4-2-3-5-12(11)8-13/h2-8,14H,9H2,1H3. The zero-order chi connectivity index (χ0) is 11.2. The van der Waals surface area contributed by atoms with E-state index >= 15 is 0 Å². The van der Waals surface area contributed by atoms with Crippen LogP contribution in [0.2, 0.25) is 0 Å². The number of rotatable bonds is 1. The number of nitrogens with zero attached hydrogens (tertiary/aromatic N) is 1. The SMILES string of the molecule is CC1(c2ccc3ccccc3c2)CC1C#N. The minimum atomic E-state index is 0.0960. The summed E-state index contributed by atoms with van der Waals surface area (Å²) in [7, 11) is 0. The van der Waals surface area contributed by atoms with Gasteiger partial charge in [0.15, 0.2) is 0 Å². The highest BCUT2D eigenvalue weighted by Crippen LogP contribution is 2.53. The zero-order valence-electron chi connectivity index (χ0n) is 9.27. The van der Waals surface area contributed by atoms with Crippen molar-refractivity contribution in [2.75, 3.05) is 0 Å². The average molecular weight is 207 g/mol. The van der Waals surface area contributed by atoms with Gasteiger partial charge in [-0.2, -0.15) is 5.26 Å². The molecule has 0 radical (unpaired) electrons. The van der Waals surface area contributed by atoms with Gasteiger partial charge in [-0.15, -0.1) is 0 Å². The lowest BCUT2D eigenvalue weighted by molar-refractivity contribution is 0.743. The molecular weight excluding hydrogens is 194 g/mol. The van der Waals surface area contributed by atoms with Gasteiger partial charge in [-0.25, -0.2) is 0 Å². The van der Waals surface area contributed by atoms with E-state index in [-0.39, 0.29) is 11.3 Å². The Hall–Kier alpha value is -1.81. The molecule has 2 unspecified atom stereocenters. The number of hydrogen-bond donors (Lipinski definition) is 0. The molecule has 0 N–H and O–H groups in total. The highest BCUT2D eigenvalue weighted by molar-refractivity contribution is 5.83. The molecule has 2 atom stereocenters. The van der Waals surface area contributed by atoms with Crippen molar-refractivity contribution in [3.05, 3.63) is 48.0 Å². The van der Waals surface area contributed by atoms with Crippen LogP contribution in [0.15, 0.2) is 42.5 Å². The van der Waals surface area contributed by atoms with Crippen molar-refractivity contribution in [2.24, 2.45) is 5.92 Å². The molecular formula is C15H13N. The predicted octanol–water partition coefficient (Wildman–Crippen LogP) is 3.64. The lowest BCUT2D eigenvalue weighted by atomic mass is 9.93. The molecule has 0 saturated heterocycles. The van der Waals surface area contributed by atoms with E-state index in [0.29, 0.717) is 0 Å². The molecule has 16 heavy (non-hydrogen) atoms. The Labute approximate surface area is 95.3 Å². The highest BCUT2D eigenvalue weighted by Gasteiger charge is 2.51. The third-order valence-electron chi connectivity index (χ3n) is 3.80. The van der Waals surface area contributed by atoms with Crippen LogP contribution in [-0.2, 0) is 5.41 Å². The third kappa shape index (κ3) is 1.23. The quantitative estimate of drug-likeness (QED) is 0.700. The van der Waals surface area contributed by atoms with Gasteiger partial charge >= 0.3 is 0 Å². The first-order valence-electron chi connectivity index (χ1n) is 5.63. The van der Waals surface area contributed by atoms with Gasteiger partial charge in [-0.1, -0.05) is 49.4 Å². The summed E-state index contributed by atoms with van der Waals surface area (Å²) in [6, 6.07) is 17.3. The first kappa shape index (κ1) is 9.42. The fraction of sp³-hybridized carbons (Fsp3) is 0.267. The maximum atomic E-state index is 8.97. The summed E-state index contributed by atoms with van der Waals surface area (Å²) in [6.45, 7) is 2.19. The summed E-state index contributed by atoms with van der Waals surface area (Å²) in [5.74, 6) is 0.202. The molecule has 0 heterocycles. The Kier molecular flexibility index (Phi) is 1.82. The Morgan fingerprint density at radius 1 is 1.19 bits per heavy atom. The molecule has 0 aliphatic heterocycles. The summed E-state index contributed by atoms with van der Waals surface area (Å²) in [6.07, 6.45) is 1.00. The van der Waals surface area contributed by atoms with Crippen LogP contribution >= 0.6 is 0 Å². The van der Waals surface area contributed by atoms with E-state index in [0.717, 1.165) is 6.42 Å². The number of benzene rings is 2. The monoisotopic (exact) mass is 207 g/mol. The molecule has 3 rings (SSSR count). The van der Waals surface area contributed by atoms with Crippen molar-refractivity contribution < 1.29 is 0 Å². The highest BCUT2D eigenvalue weighted by atomic mass is 14.5. The predicted molar refractivity (Wildman–Crippen MR) is 65.0 cm³/mol. The molecule has 0 amide bonds. The second kappa shape index (κ2) is 3.09. The molecule has 2 aromatic rings. The lowest BCUT2D eigenvalue weighted by Gasteiger charge is -2.10. The lowest BCUT2D eigenvalue weighted by Crippen LogP contribution is -2.03. The molecule has 1 aliphatic carbocycles. The van der Waals surface area contributed by atoms with Gasteiger partial charge in [0.05, 0.1) is 12.0 Å². The zero-order valence-corrected chi connectivity index (χ0v) is 9.27. The summed E-state index contributed by atoms with van der Waals surface area (Å²) < 4.78 is 0. The topological polar surface area (TPSA) is 23.8 Å². The fourth-order valence-electron chi connectivity index (χ4n) is 2.42. The number of nitriles is 1. The Morgan fingerprint density at radius 2 is 1.94 bits per heavy atom. The van der Waals surface area contributed by atoms with Crippen LogP contribution in [0.3, 0.4) is 0 Å². The van der Waals surface area contributed by atoms with Crippen LogP contribution in [0.5, 0.6) is 0 Å². The van der Waals surface area contributed by atoms with Crippen LogP contribution in [-0.4, -0.2) is 0 Å². The first-order chi connectivity index (χ1) is 7.74. The van der Waals surface area contributed by atoms with E-state index in [1.165, 1.54) is 16.3 Å². The van der Waals surface area contributed by atoms with Crippen LogP contribution in [0.1, 0.15) is 18.9 Å². The van der Waals surface area contributed by atoms with E-state index in [2.05, 4.69) is 55.5 Å². The third-order valence-corrected chi connectivity index (χ3v) is 3.80. The minimum absolute atomic E-state index is 0.0960. The number of hydrogen-bond acceptors (Lipinski definition) is 1. The van der Waals surface area contributed by atoms with Crippen LogP contribution in [0.4, 0.5) is 0 Å². The number of fused-ring (bicyclic) bond motifs is 1. The molecule has 2 aromatic carbocycles. The van der Waals surface area contributed by atoms with Crippen molar-refractivity contribution in [2.45, 2.75) is 18.8 Å². The molecule has 1 aliphatic rings. The Balaban J connectivity index is 2.11. The summed E-state index contributed by atoms with van der Waals surface area (Å²) in [4.78, 5) is 0. The van der Waals surface area contributed by atoms with E-state index in [4.69, 9.17) is 5.26 Å². The molecule has 0 spiro atoms. The maximum Gasteiger partial charge on any atom is 0.0665 e. The summed E-state index contributed by atoms with van der Waals surface area (Å²) in [5.41, 5.74) is 1.40. The van der Waals surface area contributed by atoms with Crippen molar-refractivity contribution in [3.63, 3.8) is 0 Å². The molecule has 1 fully saturated rings. The van der Waals surface area contributed by atoms with Gasteiger partial charge in [-0.3, -0.25) is 0 Å². The molecule has 0 aromatic heterocycles. The Morgan fingerprint density at radius 3 is 2.62 bits per heavy atom. The van der Waals surface area contributed by atoms with Crippen molar-refractivity contribution in [1.29, 1.82) is 5.26 Å². The van der Waals surface area contributed by atoms with Crippen molar-refractivity contribution in [3.8, 4) is 6.07 Å². The van der Waals surface area contributed by atoms with Gasteiger partial charge in [0, 0.05) is 5.41 Å². The summed E-state index contributed by atoms with van der Waals surface area (Å²) >= 11 is 0. The molecule has 1 heteroatoms. The summed E-state index contributed by atoms with van der Waals surface area (Å²) in [5, 5.41) is 11.5. The van der Waals surface area contributed by atoms with E-state index < -0.39 is 0 Å². The maximum absolute atomic E-state index is 8.97. The molecule has 0 bridgehead atoms. The van der Waals surface area contributed by atoms with Gasteiger partial charge in [-0.05, 0) is 22.8 Å².